The normalized spacial score (nSPS) is 11.2. The summed E-state index contributed by atoms with van der Waals surface area (Å²) in [5.74, 6) is -1.23. The van der Waals surface area contributed by atoms with E-state index in [9.17, 15) is 19.5 Å². The van der Waals surface area contributed by atoms with Crippen LogP contribution in [0.25, 0.3) is 10.9 Å². The van der Waals surface area contributed by atoms with E-state index in [4.69, 9.17) is 0 Å². The highest BCUT2D eigenvalue weighted by Crippen LogP contribution is 2.30. The van der Waals surface area contributed by atoms with Crippen LogP contribution in [0.1, 0.15) is 11.1 Å². The van der Waals surface area contributed by atoms with Gasteiger partial charge < -0.3 is 10.4 Å². The average molecular weight is 537 g/mol. The van der Waals surface area contributed by atoms with Crippen molar-refractivity contribution in [2.24, 2.45) is 0 Å². The van der Waals surface area contributed by atoms with Gasteiger partial charge in [0.05, 0.1) is 16.7 Å². The summed E-state index contributed by atoms with van der Waals surface area (Å²) >= 11 is 0.991. The molecule has 4 aromatic carbocycles. The number of rotatable bonds is 8. The Morgan fingerprint density at radius 1 is 0.795 bits per heavy atom. The first-order valence-electron chi connectivity index (χ1n) is 12.1. The third kappa shape index (κ3) is 5.45. The van der Waals surface area contributed by atoms with Crippen LogP contribution < -0.4 is 16.3 Å². The van der Waals surface area contributed by atoms with Crippen LogP contribution in [-0.4, -0.2) is 32.3 Å². The Hall–Kier alpha value is -4.73. The highest BCUT2D eigenvalue weighted by atomic mass is 32.2. The molecule has 8 nitrogen and oxygen atoms in total. The summed E-state index contributed by atoms with van der Waals surface area (Å²) in [4.78, 5) is 44.5. The van der Waals surface area contributed by atoms with Crippen LogP contribution in [0.15, 0.2) is 125 Å². The number of para-hydroxylation sites is 2. The highest BCUT2D eigenvalue weighted by molar-refractivity contribution is 7.99. The molecule has 39 heavy (non-hydrogen) atoms. The summed E-state index contributed by atoms with van der Waals surface area (Å²) in [5.41, 5.74) is 1.64. The van der Waals surface area contributed by atoms with Gasteiger partial charge in [-0.2, -0.15) is 4.68 Å². The molecule has 5 aromatic rings. The van der Waals surface area contributed by atoms with Crippen LogP contribution in [-0.2, 0) is 15.2 Å². The zero-order chi connectivity index (χ0) is 27.2. The lowest BCUT2D eigenvalue weighted by Crippen LogP contribution is -2.47. The van der Waals surface area contributed by atoms with Crippen molar-refractivity contribution in [3.8, 4) is 0 Å². The second-order valence-corrected chi connectivity index (χ2v) is 9.58. The van der Waals surface area contributed by atoms with Crippen LogP contribution >= 0.6 is 11.8 Å². The van der Waals surface area contributed by atoms with E-state index in [0.29, 0.717) is 22.3 Å². The molecule has 9 heteroatoms. The highest BCUT2D eigenvalue weighted by Gasteiger charge is 2.40. The summed E-state index contributed by atoms with van der Waals surface area (Å²) in [7, 11) is 0. The third-order valence-corrected chi connectivity index (χ3v) is 7.00. The number of amides is 2. The number of nitrogens with one attached hydrogen (secondary N) is 2. The Bertz CT molecular complexity index is 1640. The molecule has 0 fully saturated rings. The minimum Gasteiger partial charge on any atom is -0.372 e. The summed E-state index contributed by atoms with van der Waals surface area (Å²) in [6.45, 7) is 0. The summed E-state index contributed by atoms with van der Waals surface area (Å²) in [6, 6.07) is 32.7. The van der Waals surface area contributed by atoms with E-state index in [2.05, 4.69) is 15.7 Å². The van der Waals surface area contributed by atoms with E-state index < -0.39 is 17.1 Å². The molecular weight excluding hydrogens is 512 g/mol. The number of hydrogen-bond donors (Lipinski definition) is 3. The third-order valence-electron chi connectivity index (χ3n) is 6.06. The van der Waals surface area contributed by atoms with Crippen LogP contribution in [0.2, 0.25) is 0 Å². The van der Waals surface area contributed by atoms with Crippen LogP contribution in [0.4, 0.5) is 5.69 Å². The van der Waals surface area contributed by atoms with Gasteiger partial charge in [0.25, 0.3) is 11.5 Å². The molecule has 0 spiro atoms. The monoisotopic (exact) mass is 536 g/mol. The maximum absolute atomic E-state index is 13.8. The molecule has 194 valence electrons. The molecule has 3 N–H and O–H groups in total. The van der Waals surface area contributed by atoms with Crippen molar-refractivity contribution in [1.29, 1.82) is 0 Å². The van der Waals surface area contributed by atoms with Crippen molar-refractivity contribution >= 4 is 40.2 Å². The van der Waals surface area contributed by atoms with E-state index in [0.717, 1.165) is 16.4 Å². The van der Waals surface area contributed by atoms with Gasteiger partial charge in [-0.15, -0.1) is 0 Å². The van der Waals surface area contributed by atoms with Gasteiger partial charge in [0.15, 0.2) is 10.8 Å². The van der Waals surface area contributed by atoms with Gasteiger partial charge in [0.2, 0.25) is 5.91 Å². The molecule has 0 radical (unpaired) electrons. The molecule has 0 aliphatic heterocycles. The molecule has 2 amide bonds. The van der Waals surface area contributed by atoms with Gasteiger partial charge in [-0.1, -0.05) is 103 Å². The van der Waals surface area contributed by atoms with Crippen LogP contribution in [0.3, 0.4) is 0 Å². The first kappa shape index (κ1) is 25.9. The Labute approximate surface area is 228 Å². The van der Waals surface area contributed by atoms with Crippen LogP contribution in [0.5, 0.6) is 0 Å². The quantitative estimate of drug-likeness (QED) is 0.203. The smallest absolute Gasteiger partial charge is 0.281 e. The number of carbonyl (C=O) groups excluding carboxylic acids is 2. The number of fused-ring (bicyclic) bond motifs is 1. The van der Waals surface area contributed by atoms with Crippen molar-refractivity contribution < 1.29 is 14.7 Å². The molecule has 0 saturated carbocycles. The van der Waals surface area contributed by atoms with E-state index in [-0.39, 0.29) is 22.2 Å². The minimum atomic E-state index is -2.11. The van der Waals surface area contributed by atoms with E-state index in [1.807, 2.05) is 18.2 Å². The minimum absolute atomic E-state index is 0.0722. The average Bonchev–Trinajstić information content (AvgIpc) is 2.98. The first-order chi connectivity index (χ1) is 19.0. The largest absolute Gasteiger partial charge is 0.372 e. The van der Waals surface area contributed by atoms with E-state index in [1.165, 1.54) is 0 Å². The number of anilines is 1. The van der Waals surface area contributed by atoms with Gasteiger partial charge in [0.1, 0.15) is 0 Å². The van der Waals surface area contributed by atoms with Gasteiger partial charge >= 0.3 is 0 Å². The predicted octanol–water partition coefficient (Wildman–Crippen LogP) is 4.13. The van der Waals surface area contributed by atoms with Crippen molar-refractivity contribution in [3.63, 3.8) is 0 Å². The number of benzene rings is 4. The second kappa shape index (κ2) is 11.3. The summed E-state index contributed by atoms with van der Waals surface area (Å²) in [6.07, 6.45) is 0. The lowest BCUT2D eigenvalue weighted by Gasteiger charge is -2.28. The van der Waals surface area contributed by atoms with Gasteiger partial charge in [-0.05, 0) is 35.4 Å². The van der Waals surface area contributed by atoms with E-state index in [1.54, 1.807) is 97.1 Å². The number of aromatic nitrogens is 2. The van der Waals surface area contributed by atoms with Crippen molar-refractivity contribution in [2.45, 2.75) is 10.8 Å². The molecule has 0 saturated heterocycles. The first-order valence-corrected chi connectivity index (χ1v) is 13.1. The number of thioether (sulfide) groups is 1. The molecule has 5 rings (SSSR count). The van der Waals surface area contributed by atoms with Crippen molar-refractivity contribution in [3.05, 3.63) is 137 Å². The number of aliphatic hydroxyl groups is 1. The maximum atomic E-state index is 13.8. The standard InChI is InChI=1S/C30H24N4O4S/c35-26(31-23-16-8-3-9-17-23)20-39-29-32-25-19-11-10-18-24(25)27(36)34(29)33-28(37)30(38,21-12-4-1-5-13-21)22-14-6-2-7-15-22/h1-19,38H,20H2,(H,31,35)(H,33,37). The number of hydrogen-bond acceptors (Lipinski definition) is 6. The number of carbonyl (C=O) groups is 2. The predicted molar refractivity (Wildman–Crippen MR) is 152 cm³/mol. The Kier molecular flexibility index (Phi) is 7.53. The molecular formula is C30H24N4O4S. The summed E-state index contributed by atoms with van der Waals surface area (Å²) < 4.78 is 0.988. The van der Waals surface area contributed by atoms with Crippen molar-refractivity contribution in [1.82, 2.24) is 9.66 Å². The van der Waals surface area contributed by atoms with E-state index >= 15 is 0 Å². The fourth-order valence-electron chi connectivity index (χ4n) is 4.13. The SMILES string of the molecule is O=C(CSc1nc2ccccc2c(=O)n1NC(=O)C(O)(c1ccccc1)c1ccccc1)Nc1ccccc1. The zero-order valence-corrected chi connectivity index (χ0v) is 21.5. The Morgan fingerprint density at radius 3 is 1.95 bits per heavy atom. The molecule has 0 aliphatic carbocycles. The summed E-state index contributed by atoms with van der Waals surface area (Å²) in [5, 5.41) is 15.0. The zero-order valence-electron chi connectivity index (χ0n) is 20.7. The Morgan fingerprint density at radius 2 is 1.33 bits per heavy atom. The second-order valence-electron chi connectivity index (χ2n) is 8.64. The lowest BCUT2D eigenvalue weighted by molar-refractivity contribution is -0.132. The molecule has 0 aliphatic rings. The van der Waals surface area contributed by atoms with Gasteiger partial charge in [-0.25, -0.2) is 4.98 Å². The maximum Gasteiger partial charge on any atom is 0.281 e. The molecule has 0 unspecified atom stereocenters. The molecule has 0 atom stereocenters. The Balaban J connectivity index is 1.51. The van der Waals surface area contributed by atoms with Gasteiger partial charge in [-0.3, -0.25) is 19.8 Å². The fourth-order valence-corrected chi connectivity index (χ4v) is 4.88. The van der Waals surface area contributed by atoms with Gasteiger partial charge in [0, 0.05) is 5.69 Å². The molecule has 1 aromatic heterocycles. The lowest BCUT2D eigenvalue weighted by atomic mass is 9.85. The van der Waals surface area contributed by atoms with Crippen molar-refractivity contribution in [2.75, 3.05) is 16.5 Å². The topological polar surface area (TPSA) is 113 Å². The number of nitrogens with zero attached hydrogens (tertiary/aromatic N) is 2. The van der Waals surface area contributed by atoms with Crippen LogP contribution in [0, 0.1) is 0 Å². The fraction of sp³-hybridized carbons (Fsp3) is 0.0667. The molecule has 1 heterocycles. The molecule has 0 bridgehead atoms.